The molecule has 1 fully saturated rings. The van der Waals surface area contributed by atoms with Crippen molar-refractivity contribution in [1.29, 1.82) is 0 Å². The zero-order valence-electron chi connectivity index (χ0n) is 15.4. The Labute approximate surface area is 158 Å². The highest BCUT2D eigenvalue weighted by Gasteiger charge is 2.23. The van der Waals surface area contributed by atoms with Gasteiger partial charge in [-0.05, 0) is 43.9 Å². The Bertz CT molecular complexity index is 714. The van der Waals surface area contributed by atoms with Gasteiger partial charge in [-0.15, -0.1) is 11.3 Å². The quantitative estimate of drug-likeness (QED) is 0.807. The number of hydrogen-bond acceptors (Lipinski definition) is 5. The molecule has 1 atom stereocenters. The third kappa shape index (κ3) is 5.02. The normalized spacial score (nSPS) is 16.6. The highest BCUT2D eigenvalue weighted by atomic mass is 32.1. The van der Waals surface area contributed by atoms with Crippen LogP contribution >= 0.6 is 11.3 Å². The Morgan fingerprint density at radius 2 is 2.23 bits per heavy atom. The first kappa shape index (κ1) is 18.8. The van der Waals surface area contributed by atoms with E-state index in [2.05, 4.69) is 22.2 Å². The van der Waals surface area contributed by atoms with Crippen molar-refractivity contribution < 1.29 is 9.53 Å². The summed E-state index contributed by atoms with van der Waals surface area (Å²) in [4.78, 5) is 24.4. The summed E-state index contributed by atoms with van der Waals surface area (Å²) in [5, 5.41) is 4.17. The van der Waals surface area contributed by atoms with Crippen molar-refractivity contribution in [3.8, 4) is 0 Å². The monoisotopic (exact) mass is 374 g/mol. The molecule has 1 N–H and O–H groups in total. The maximum Gasteiger partial charge on any atom is 0.318 e. The highest BCUT2D eigenvalue weighted by Crippen LogP contribution is 2.19. The third-order valence-corrected chi connectivity index (χ3v) is 5.80. The molecule has 2 amide bonds. The molecule has 0 aromatic carbocycles. The molecule has 1 unspecified atom stereocenters. The molecular formula is C19H26N4O2S. The Kier molecular flexibility index (Phi) is 6.57. The van der Waals surface area contributed by atoms with Crippen LogP contribution in [0.4, 0.5) is 4.79 Å². The summed E-state index contributed by atoms with van der Waals surface area (Å²) in [6, 6.07) is 3.82. The lowest BCUT2D eigenvalue weighted by atomic mass is 10.2. The second-order valence-electron chi connectivity index (χ2n) is 6.50. The van der Waals surface area contributed by atoms with E-state index in [0.717, 1.165) is 47.0 Å². The number of aromatic nitrogens is 2. The number of nitrogens with one attached hydrogen (secondary N) is 1. The van der Waals surface area contributed by atoms with Gasteiger partial charge in [-0.3, -0.25) is 4.98 Å². The molecule has 6 nitrogen and oxygen atoms in total. The first-order chi connectivity index (χ1) is 12.7. The van der Waals surface area contributed by atoms with Crippen LogP contribution in [-0.4, -0.2) is 40.2 Å². The van der Waals surface area contributed by atoms with Gasteiger partial charge in [0.15, 0.2) is 0 Å². The minimum Gasteiger partial charge on any atom is -0.376 e. The fraction of sp³-hybridized carbons (Fsp3) is 0.526. The van der Waals surface area contributed by atoms with Crippen LogP contribution in [-0.2, 0) is 24.2 Å². The number of ether oxygens (including phenoxy) is 1. The topological polar surface area (TPSA) is 67.4 Å². The average Bonchev–Trinajstić information content (AvgIpc) is 3.29. The maximum absolute atomic E-state index is 12.8. The van der Waals surface area contributed by atoms with E-state index < -0.39 is 0 Å². The van der Waals surface area contributed by atoms with E-state index in [1.807, 2.05) is 24.0 Å². The molecule has 0 aliphatic carbocycles. The number of pyridine rings is 1. The molecule has 140 valence electrons. The molecule has 0 spiro atoms. The summed E-state index contributed by atoms with van der Waals surface area (Å²) in [5.41, 5.74) is 2.07. The molecular weight excluding hydrogens is 348 g/mol. The average molecular weight is 375 g/mol. The van der Waals surface area contributed by atoms with E-state index in [0.29, 0.717) is 19.6 Å². The molecule has 0 radical (unpaired) electrons. The van der Waals surface area contributed by atoms with Gasteiger partial charge < -0.3 is 15.0 Å². The molecule has 2 aromatic rings. The van der Waals surface area contributed by atoms with E-state index in [1.165, 1.54) is 0 Å². The highest BCUT2D eigenvalue weighted by molar-refractivity contribution is 7.11. The number of amides is 2. The Morgan fingerprint density at radius 3 is 2.88 bits per heavy atom. The first-order valence-electron chi connectivity index (χ1n) is 9.14. The number of aryl methyl sites for hydroxylation is 2. The van der Waals surface area contributed by atoms with Crippen LogP contribution in [0.1, 0.15) is 40.9 Å². The van der Waals surface area contributed by atoms with Gasteiger partial charge in [0.25, 0.3) is 0 Å². The van der Waals surface area contributed by atoms with Crippen molar-refractivity contribution >= 4 is 17.4 Å². The van der Waals surface area contributed by atoms with Crippen LogP contribution in [0, 0.1) is 6.92 Å². The summed E-state index contributed by atoms with van der Waals surface area (Å²) < 4.78 is 5.73. The Hall–Kier alpha value is -1.99. The summed E-state index contributed by atoms with van der Waals surface area (Å²) in [6.07, 6.45) is 6.63. The summed E-state index contributed by atoms with van der Waals surface area (Å²) in [7, 11) is 0. The first-order valence-corrected chi connectivity index (χ1v) is 9.95. The fourth-order valence-corrected chi connectivity index (χ4v) is 3.98. The van der Waals surface area contributed by atoms with Crippen LogP contribution in [0.25, 0.3) is 0 Å². The van der Waals surface area contributed by atoms with Gasteiger partial charge in [0, 0.05) is 37.0 Å². The molecule has 1 saturated heterocycles. The third-order valence-electron chi connectivity index (χ3n) is 4.50. The van der Waals surface area contributed by atoms with E-state index >= 15 is 0 Å². The minimum atomic E-state index is -0.0665. The van der Waals surface area contributed by atoms with Crippen molar-refractivity contribution in [1.82, 2.24) is 20.2 Å². The smallest absolute Gasteiger partial charge is 0.318 e. The lowest BCUT2D eigenvalue weighted by Gasteiger charge is -2.25. The summed E-state index contributed by atoms with van der Waals surface area (Å²) >= 11 is 1.67. The van der Waals surface area contributed by atoms with Gasteiger partial charge >= 0.3 is 6.03 Å². The van der Waals surface area contributed by atoms with Crippen molar-refractivity contribution in [2.45, 2.75) is 52.3 Å². The van der Waals surface area contributed by atoms with E-state index in [4.69, 9.17) is 4.74 Å². The number of nitrogens with zero attached hydrogens (tertiary/aromatic N) is 3. The van der Waals surface area contributed by atoms with E-state index in [9.17, 15) is 4.79 Å². The lowest BCUT2D eigenvalue weighted by molar-refractivity contribution is 0.0794. The number of carbonyl (C=O) groups is 1. The molecule has 3 heterocycles. The van der Waals surface area contributed by atoms with Gasteiger partial charge in [0.05, 0.1) is 23.4 Å². The second-order valence-corrected chi connectivity index (χ2v) is 7.67. The van der Waals surface area contributed by atoms with Gasteiger partial charge in [0.1, 0.15) is 0 Å². The molecule has 1 aliphatic rings. The number of thiazole rings is 1. The van der Waals surface area contributed by atoms with Gasteiger partial charge in [0.2, 0.25) is 0 Å². The summed E-state index contributed by atoms with van der Waals surface area (Å²) in [6.45, 7) is 6.55. The Morgan fingerprint density at radius 1 is 1.42 bits per heavy atom. The van der Waals surface area contributed by atoms with Crippen LogP contribution in [0.5, 0.6) is 0 Å². The number of rotatable bonds is 7. The minimum absolute atomic E-state index is 0.0665. The summed E-state index contributed by atoms with van der Waals surface area (Å²) in [5.74, 6) is 0. The van der Waals surface area contributed by atoms with Crippen LogP contribution in [0.2, 0.25) is 0 Å². The SMILES string of the molecule is CCc1nc(C)c(CNC(=O)N(Cc2ccncc2)CC2CCCO2)s1. The predicted octanol–water partition coefficient (Wildman–Crippen LogP) is 3.30. The van der Waals surface area contributed by atoms with E-state index in [1.54, 1.807) is 23.7 Å². The van der Waals surface area contributed by atoms with Gasteiger partial charge in [-0.1, -0.05) is 6.92 Å². The van der Waals surface area contributed by atoms with Gasteiger partial charge in [-0.2, -0.15) is 0 Å². The standard InChI is InChI=1S/C19H26N4O2S/c1-3-18-22-14(2)17(26-18)11-21-19(24)23(13-16-5-4-10-25-16)12-15-6-8-20-9-7-15/h6-9,16H,3-5,10-13H2,1-2H3,(H,21,24). The van der Waals surface area contributed by atoms with Crippen LogP contribution in [0.15, 0.2) is 24.5 Å². The zero-order valence-corrected chi connectivity index (χ0v) is 16.2. The van der Waals surface area contributed by atoms with Crippen molar-refractivity contribution in [2.24, 2.45) is 0 Å². The lowest BCUT2D eigenvalue weighted by Crippen LogP contribution is -2.43. The van der Waals surface area contributed by atoms with Gasteiger partial charge in [-0.25, -0.2) is 9.78 Å². The Balaban J connectivity index is 1.63. The second kappa shape index (κ2) is 9.09. The zero-order chi connectivity index (χ0) is 18.4. The van der Waals surface area contributed by atoms with Crippen molar-refractivity contribution in [3.05, 3.63) is 45.7 Å². The molecule has 0 bridgehead atoms. The van der Waals surface area contributed by atoms with Crippen LogP contribution < -0.4 is 5.32 Å². The molecule has 0 saturated carbocycles. The van der Waals surface area contributed by atoms with Crippen molar-refractivity contribution in [2.75, 3.05) is 13.2 Å². The van der Waals surface area contributed by atoms with Crippen molar-refractivity contribution in [3.63, 3.8) is 0 Å². The van der Waals surface area contributed by atoms with Crippen LogP contribution in [0.3, 0.4) is 0 Å². The number of hydrogen-bond donors (Lipinski definition) is 1. The number of urea groups is 1. The molecule has 1 aliphatic heterocycles. The molecule has 7 heteroatoms. The number of carbonyl (C=O) groups excluding carboxylic acids is 1. The van der Waals surface area contributed by atoms with E-state index in [-0.39, 0.29) is 12.1 Å². The molecule has 2 aromatic heterocycles. The fourth-order valence-electron chi connectivity index (χ4n) is 3.03. The predicted molar refractivity (Wildman–Crippen MR) is 102 cm³/mol. The largest absolute Gasteiger partial charge is 0.376 e. The maximum atomic E-state index is 12.8. The molecule has 26 heavy (non-hydrogen) atoms. The molecule has 3 rings (SSSR count).